The number of nitrogens with zero attached hydrogens (tertiary/aromatic N) is 1. The normalized spacial score (nSPS) is 21.0. The van der Waals surface area contributed by atoms with Gasteiger partial charge in [-0.1, -0.05) is 0 Å². The number of nitrogens with one attached hydrogen (secondary N) is 1. The Morgan fingerprint density at radius 1 is 1.58 bits per heavy atom. The van der Waals surface area contributed by atoms with Crippen LogP contribution in [0.15, 0.2) is 18.3 Å². The molecule has 0 amide bonds. The van der Waals surface area contributed by atoms with Crippen molar-refractivity contribution in [3.63, 3.8) is 0 Å². The molecule has 19 heavy (non-hydrogen) atoms. The maximum atomic E-state index is 12.9. The van der Waals surface area contributed by atoms with E-state index in [4.69, 9.17) is 4.74 Å². The van der Waals surface area contributed by atoms with Crippen LogP contribution >= 0.6 is 0 Å². The molecule has 1 N–H and O–H groups in total. The number of anilines is 1. The molecule has 0 aromatic carbocycles. The van der Waals surface area contributed by atoms with Gasteiger partial charge in [-0.3, -0.25) is 0 Å². The van der Waals surface area contributed by atoms with E-state index in [9.17, 15) is 13.6 Å². The van der Waals surface area contributed by atoms with Gasteiger partial charge in [0.1, 0.15) is 6.10 Å². The Hall–Kier alpha value is -1.92. The molecule has 0 saturated carbocycles. The van der Waals surface area contributed by atoms with Crippen molar-refractivity contribution in [1.29, 1.82) is 0 Å². The molecule has 1 atom stereocenters. The van der Waals surface area contributed by atoms with Crippen LogP contribution in [-0.2, 0) is 9.53 Å². The fraction of sp³-hybridized carbons (Fsp3) is 0.500. The van der Waals surface area contributed by atoms with Crippen LogP contribution in [0.3, 0.4) is 0 Å². The van der Waals surface area contributed by atoms with Gasteiger partial charge in [-0.25, -0.2) is 9.78 Å². The second-order valence-electron chi connectivity index (χ2n) is 4.13. The third kappa shape index (κ3) is 3.30. The van der Waals surface area contributed by atoms with Gasteiger partial charge >= 0.3 is 11.9 Å². The topological polar surface area (TPSA) is 60.5 Å². The summed E-state index contributed by atoms with van der Waals surface area (Å²) in [4.78, 5) is 14.8. The van der Waals surface area contributed by atoms with Gasteiger partial charge < -0.3 is 14.8 Å². The molecule has 104 valence electrons. The van der Waals surface area contributed by atoms with Gasteiger partial charge in [0.2, 0.25) is 5.88 Å². The van der Waals surface area contributed by atoms with E-state index in [2.05, 4.69) is 15.0 Å². The Morgan fingerprint density at radius 3 is 2.89 bits per heavy atom. The number of halogens is 2. The lowest BCUT2D eigenvalue weighted by atomic mass is 10.2. The van der Waals surface area contributed by atoms with Crippen molar-refractivity contribution in [1.82, 2.24) is 4.98 Å². The maximum absolute atomic E-state index is 12.9. The molecule has 2 rings (SSSR count). The van der Waals surface area contributed by atoms with Gasteiger partial charge in [0.25, 0.3) is 0 Å². The zero-order valence-corrected chi connectivity index (χ0v) is 10.4. The summed E-state index contributed by atoms with van der Waals surface area (Å²) in [7, 11) is 0. The Kier molecular flexibility index (Phi) is 3.82. The van der Waals surface area contributed by atoms with Crippen molar-refractivity contribution in [2.45, 2.75) is 25.4 Å². The maximum Gasteiger partial charge on any atom is 0.377 e. The van der Waals surface area contributed by atoms with E-state index in [0.29, 0.717) is 18.2 Å². The van der Waals surface area contributed by atoms with E-state index in [1.165, 1.54) is 6.20 Å². The summed E-state index contributed by atoms with van der Waals surface area (Å²) in [5, 5.41) is 2.89. The van der Waals surface area contributed by atoms with E-state index >= 15 is 0 Å². The van der Waals surface area contributed by atoms with E-state index in [1.807, 2.05) is 6.92 Å². The predicted molar refractivity (Wildman–Crippen MR) is 63.3 cm³/mol. The fourth-order valence-corrected chi connectivity index (χ4v) is 1.71. The molecule has 1 aromatic heterocycles. The van der Waals surface area contributed by atoms with Crippen LogP contribution in [0.25, 0.3) is 0 Å². The lowest BCUT2D eigenvalue weighted by molar-refractivity contribution is -0.158. The van der Waals surface area contributed by atoms with Crippen molar-refractivity contribution < 1.29 is 23.0 Å². The molecule has 1 unspecified atom stereocenters. The van der Waals surface area contributed by atoms with Crippen LogP contribution in [0.4, 0.5) is 14.5 Å². The summed E-state index contributed by atoms with van der Waals surface area (Å²) in [6.07, 6.45) is 0.109. The molecule has 0 aliphatic carbocycles. The summed E-state index contributed by atoms with van der Waals surface area (Å²) in [6.45, 7) is 2.49. The number of alkyl halides is 2. The molecule has 0 radical (unpaired) electrons. The smallest absolute Gasteiger partial charge is 0.377 e. The van der Waals surface area contributed by atoms with Crippen LogP contribution < -0.4 is 10.1 Å². The molecule has 1 aromatic rings. The summed E-state index contributed by atoms with van der Waals surface area (Å²) in [5.41, 5.74) is 0.648. The highest BCUT2D eigenvalue weighted by molar-refractivity contribution is 5.79. The summed E-state index contributed by atoms with van der Waals surface area (Å²) < 4.78 is 35.6. The molecular formula is C12H14F2N2O3. The van der Waals surface area contributed by atoms with Gasteiger partial charge in [0, 0.05) is 6.07 Å². The van der Waals surface area contributed by atoms with Crippen molar-refractivity contribution >= 4 is 11.7 Å². The first kappa shape index (κ1) is 13.5. The Morgan fingerprint density at radius 2 is 2.37 bits per heavy atom. The van der Waals surface area contributed by atoms with Crippen LogP contribution in [0.5, 0.6) is 5.88 Å². The van der Waals surface area contributed by atoms with Gasteiger partial charge in [0.05, 0.1) is 31.5 Å². The van der Waals surface area contributed by atoms with Crippen molar-refractivity contribution in [3.05, 3.63) is 18.3 Å². The number of esters is 1. The van der Waals surface area contributed by atoms with Crippen molar-refractivity contribution in [3.8, 4) is 5.88 Å². The molecule has 7 heteroatoms. The van der Waals surface area contributed by atoms with E-state index in [-0.39, 0.29) is 6.54 Å². The number of ether oxygens (including phenoxy) is 2. The number of carbonyl (C=O) groups is 1. The third-order valence-corrected chi connectivity index (χ3v) is 2.62. The first-order valence-corrected chi connectivity index (χ1v) is 5.93. The van der Waals surface area contributed by atoms with Crippen molar-refractivity contribution in [2.75, 3.05) is 18.5 Å². The van der Waals surface area contributed by atoms with Gasteiger partial charge in [-0.2, -0.15) is 8.78 Å². The van der Waals surface area contributed by atoms with Gasteiger partial charge in [-0.15, -0.1) is 0 Å². The van der Waals surface area contributed by atoms with E-state index < -0.39 is 24.4 Å². The minimum absolute atomic E-state index is 0.122. The zero-order chi connectivity index (χ0) is 13.9. The average molecular weight is 272 g/mol. The van der Waals surface area contributed by atoms with Crippen LogP contribution in [0, 0.1) is 0 Å². The molecule has 2 heterocycles. The molecule has 5 nitrogen and oxygen atoms in total. The lowest BCUT2D eigenvalue weighted by Crippen LogP contribution is -2.22. The van der Waals surface area contributed by atoms with Gasteiger partial charge in [-0.05, 0) is 13.0 Å². The quantitative estimate of drug-likeness (QED) is 0.829. The molecule has 1 saturated heterocycles. The number of hydrogen-bond acceptors (Lipinski definition) is 5. The summed E-state index contributed by atoms with van der Waals surface area (Å²) >= 11 is 0. The zero-order valence-electron chi connectivity index (χ0n) is 10.4. The third-order valence-electron chi connectivity index (χ3n) is 2.62. The Balaban J connectivity index is 1.84. The van der Waals surface area contributed by atoms with Gasteiger partial charge in [0.15, 0.2) is 0 Å². The largest absolute Gasteiger partial charge is 0.478 e. The molecule has 0 spiro atoms. The van der Waals surface area contributed by atoms with Crippen molar-refractivity contribution in [2.24, 2.45) is 0 Å². The fourth-order valence-electron chi connectivity index (χ4n) is 1.71. The van der Waals surface area contributed by atoms with Crippen LogP contribution in [0.2, 0.25) is 0 Å². The first-order chi connectivity index (χ1) is 9.01. The molecular weight excluding hydrogens is 258 g/mol. The monoisotopic (exact) mass is 272 g/mol. The molecule has 1 aliphatic rings. The Labute approximate surface area is 108 Å². The number of pyridine rings is 1. The SMILES string of the molecule is CCOc1ccc(NCC2CC(F)(F)C(=O)O2)cn1. The molecule has 0 bridgehead atoms. The minimum Gasteiger partial charge on any atom is -0.478 e. The lowest BCUT2D eigenvalue weighted by Gasteiger charge is -2.11. The number of hydrogen-bond donors (Lipinski definition) is 1. The number of cyclic esters (lactones) is 1. The molecule has 1 fully saturated rings. The average Bonchev–Trinajstić information content (AvgIpc) is 2.63. The van der Waals surface area contributed by atoms with E-state index in [0.717, 1.165) is 0 Å². The van der Waals surface area contributed by atoms with Crippen LogP contribution in [0.1, 0.15) is 13.3 Å². The summed E-state index contributed by atoms with van der Waals surface area (Å²) in [6, 6.07) is 3.38. The van der Waals surface area contributed by atoms with E-state index in [1.54, 1.807) is 12.1 Å². The summed E-state index contributed by atoms with van der Waals surface area (Å²) in [5.74, 6) is -4.33. The molecule has 1 aliphatic heterocycles. The Bertz CT molecular complexity index is 451. The predicted octanol–water partition coefficient (Wildman–Crippen LogP) is 1.84. The second kappa shape index (κ2) is 5.38. The number of carbonyl (C=O) groups excluding carboxylic acids is 1. The second-order valence-corrected chi connectivity index (χ2v) is 4.13. The number of aromatic nitrogens is 1. The standard InChI is InChI=1S/C12H14F2N2O3/c1-2-18-10-4-3-8(6-16-10)15-7-9-5-12(13,14)11(17)19-9/h3-4,6,9,15H,2,5,7H2,1H3. The highest BCUT2D eigenvalue weighted by Crippen LogP contribution is 2.30. The first-order valence-electron chi connectivity index (χ1n) is 5.93. The van der Waals surface area contributed by atoms with Crippen LogP contribution in [-0.4, -0.2) is 36.1 Å². The number of rotatable bonds is 5. The highest BCUT2D eigenvalue weighted by Gasteiger charge is 2.50. The minimum atomic E-state index is -3.37. The highest BCUT2D eigenvalue weighted by atomic mass is 19.3.